The van der Waals surface area contributed by atoms with Crippen LogP contribution in [0.25, 0.3) is 11.8 Å². The highest BCUT2D eigenvalue weighted by molar-refractivity contribution is 6.06. The Labute approximate surface area is 144 Å². The van der Waals surface area contributed by atoms with E-state index < -0.39 is 4.92 Å². The number of hydrogen-bond acceptors (Lipinski definition) is 4. The molecule has 2 heterocycles. The zero-order chi connectivity index (χ0) is 17.8. The molecule has 0 radical (unpaired) electrons. The second kappa shape index (κ2) is 6.96. The number of nitro groups is 1. The van der Waals surface area contributed by atoms with Crippen LogP contribution in [-0.4, -0.2) is 25.1 Å². The van der Waals surface area contributed by atoms with Gasteiger partial charge in [-0.3, -0.25) is 19.6 Å². The van der Waals surface area contributed by atoms with Crippen molar-refractivity contribution in [1.29, 1.82) is 0 Å². The van der Waals surface area contributed by atoms with Crippen LogP contribution in [0.5, 0.6) is 0 Å². The summed E-state index contributed by atoms with van der Waals surface area (Å²) in [7, 11) is 0. The molecule has 0 aliphatic heterocycles. The zero-order valence-electron chi connectivity index (χ0n) is 13.6. The van der Waals surface area contributed by atoms with E-state index in [0.717, 1.165) is 5.69 Å². The minimum Gasteiger partial charge on any atom is -0.317 e. The van der Waals surface area contributed by atoms with Crippen molar-refractivity contribution in [2.75, 3.05) is 0 Å². The molecule has 7 heteroatoms. The molecule has 0 unspecified atom stereocenters. The lowest BCUT2D eigenvalue weighted by atomic mass is 10.2. The van der Waals surface area contributed by atoms with Gasteiger partial charge in [0.25, 0.3) is 5.69 Å². The third-order valence-electron chi connectivity index (χ3n) is 3.75. The molecule has 0 aliphatic carbocycles. The molecule has 126 valence electrons. The summed E-state index contributed by atoms with van der Waals surface area (Å²) in [5.41, 5.74) is 1.94. The molecule has 0 bridgehead atoms. The first-order chi connectivity index (χ1) is 12.1. The van der Waals surface area contributed by atoms with Crippen LogP contribution in [0, 0.1) is 10.1 Å². The summed E-state index contributed by atoms with van der Waals surface area (Å²) in [6, 6.07) is 9.99. The molecule has 3 aromatic rings. The van der Waals surface area contributed by atoms with Gasteiger partial charge in [-0.1, -0.05) is 6.07 Å². The maximum absolute atomic E-state index is 12.2. The van der Waals surface area contributed by atoms with Crippen LogP contribution in [-0.2, 0) is 6.54 Å². The molecule has 0 spiro atoms. The van der Waals surface area contributed by atoms with Crippen molar-refractivity contribution < 1.29 is 9.72 Å². The minimum atomic E-state index is -0.433. The molecule has 0 saturated heterocycles. The molecule has 0 fully saturated rings. The third-order valence-corrected chi connectivity index (χ3v) is 3.75. The van der Waals surface area contributed by atoms with Crippen LogP contribution < -0.4 is 0 Å². The van der Waals surface area contributed by atoms with Gasteiger partial charge in [-0.05, 0) is 37.3 Å². The summed E-state index contributed by atoms with van der Waals surface area (Å²) in [6.45, 7) is 2.65. The van der Waals surface area contributed by atoms with E-state index in [4.69, 9.17) is 0 Å². The second-order valence-electron chi connectivity index (χ2n) is 5.36. The zero-order valence-corrected chi connectivity index (χ0v) is 13.6. The van der Waals surface area contributed by atoms with Crippen LogP contribution in [0.1, 0.15) is 23.0 Å². The highest BCUT2D eigenvalue weighted by Gasteiger charge is 2.09. The van der Waals surface area contributed by atoms with Gasteiger partial charge in [0.2, 0.25) is 0 Å². The van der Waals surface area contributed by atoms with E-state index in [0.29, 0.717) is 17.8 Å². The number of rotatable bonds is 6. The lowest BCUT2D eigenvalue weighted by molar-refractivity contribution is -0.384. The Bertz CT molecular complexity index is 953. The second-order valence-corrected chi connectivity index (χ2v) is 5.36. The predicted octanol–water partition coefficient (Wildman–Crippen LogP) is 3.50. The van der Waals surface area contributed by atoms with E-state index >= 15 is 0 Å². The van der Waals surface area contributed by atoms with E-state index in [1.807, 2.05) is 19.1 Å². The van der Waals surface area contributed by atoms with Crippen molar-refractivity contribution in [3.8, 4) is 5.69 Å². The van der Waals surface area contributed by atoms with Gasteiger partial charge < -0.3 is 4.57 Å². The summed E-state index contributed by atoms with van der Waals surface area (Å²) >= 11 is 0. The Hall–Kier alpha value is -3.48. The molecular weight excluding hydrogens is 320 g/mol. The number of nitrogens with zero attached hydrogens (tertiary/aromatic N) is 4. The summed E-state index contributed by atoms with van der Waals surface area (Å²) in [6.07, 6.45) is 8.19. The molecule has 7 nitrogen and oxygen atoms in total. The summed E-state index contributed by atoms with van der Waals surface area (Å²) < 4.78 is 3.47. The topological polar surface area (TPSA) is 83.0 Å². The monoisotopic (exact) mass is 336 g/mol. The van der Waals surface area contributed by atoms with Crippen molar-refractivity contribution in [1.82, 2.24) is 14.3 Å². The first-order valence-corrected chi connectivity index (χ1v) is 7.75. The highest BCUT2D eigenvalue weighted by Crippen LogP contribution is 2.19. The average molecular weight is 336 g/mol. The number of aromatic nitrogens is 3. The normalized spacial score (nSPS) is 11.1. The van der Waals surface area contributed by atoms with Gasteiger partial charge in [-0.15, -0.1) is 0 Å². The largest absolute Gasteiger partial charge is 0.317 e. The fourth-order valence-electron chi connectivity index (χ4n) is 2.44. The van der Waals surface area contributed by atoms with Crippen molar-refractivity contribution in [2.45, 2.75) is 13.5 Å². The Morgan fingerprint density at radius 2 is 2.16 bits per heavy atom. The van der Waals surface area contributed by atoms with Gasteiger partial charge in [-0.2, -0.15) is 5.10 Å². The Morgan fingerprint density at radius 3 is 2.88 bits per heavy atom. The Kier molecular flexibility index (Phi) is 4.56. The molecule has 3 rings (SSSR count). The number of ketones is 1. The van der Waals surface area contributed by atoms with Crippen molar-refractivity contribution in [3.05, 3.63) is 82.4 Å². The maximum Gasteiger partial charge on any atom is 0.271 e. The number of non-ortho nitro benzene ring substituents is 1. The van der Waals surface area contributed by atoms with Gasteiger partial charge in [0.05, 0.1) is 22.4 Å². The fourth-order valence-corrected chi connectivity index (χ4v) is 2.44. The first kappa shape index (κ1) is 16.4. The summed E-state index contributed by atoms with van der Waals surface area (Å²) in [5, 5.41) is 15.0. The summed E-state index contributed by atoms with van der Waals surface area (Å²) in [4.78, 5) is 22.7. The standard InChI is InChI=1S/C18H16N4O3/c1-2-20-13-14(12-19-20)18(23)9-8-15-7-4-10-21(15)16-5-3-6-17(11-16)22(24)25/h3-13H,2H2,1H3/b9-8+. The molecule has 0 atom stereocenters. The van der Waals surface area contributed by atoms with Crippen LogP contribution in [0.3, 0.4) is 0 Å². The average Bonchev–Trinajstić information content (AvgIpc) is 3.29. The number of nitro benzene ring substituents is 1. The van der Waals surface area contributed by atoms with Gasteiger partial charge in [-0.25, -0.2) is 0 Å². The lowest BCUT2D eigenvalue weighted by Gasteiger charge is -2.06. The first-order valence-electron chi connectivity index (χ1n) is 7.75. The number of allylic oxidation sites excluding steroid dienone is 1. The minimum absolute atomic E-state index is 0.0178. The fraction of sp³-hybridized carbons (Fsp3) is 0.111. The number of carbonyl (C=O) groups is 1. The van der Waals surface area contributed by atoms with E-state index in [1.165, 1.54) is 24.4 Å². The molecule has 2 aromatic heterocycles. The van der Waals surface area contributed by atoms with Gasteiger partial charge in [0.1, 0.15) is 0 Å². The van der Waals surface area contributed by atoms with Crippen molar-refractivity contribution >= 4 is 17.5 Å². The van der Waals surface area contributed by atoms with Crippen LogP contribution in [0.4, 0.5) is 5.69 Å². The number of benzene rings is 1. The number of aryl methyl sites for hydroxylation is 1. The molecular formula is C18H16N4O3. The highest BCUT2D eigenvalue weighted by atomic mass is 16.6. The Balaban J connectivity index is 1.85. The van der Waals surface area contributed by atoms with E-state index in [2.05, 4.69) is 5.10 Å². The van der Waals surface area contributed by atoms with Crippen LogP contribution in [0.2, 0.25) is 0 Å². The number of hydrogen-bond donors (Lipinski definition) is 0. The van der Waals surface area contributed by atoms with Gasteiger partial charge >= 0.3 is 0 Å². The van der Waals surface area contributed by atoms with Crippen LogP contribution in [0.15, 0.2) is 61.1 Å². The molecule has 25 heavy (non-hydrogen) atoms. The third kappa shape index (κ3) is 3.55. The van der Waals surface area contributed by atoms with Crippen molar-refractivity contribution in [3.63, 3.8) is 0 Å². The lowest BCUT2D eigenvalue weighted by Crippen LogP contribution is -1.97. The smallest absolute Gasteiger partial charge is 0.271 e. The van der Waals surface area contributed by atoms with E-state index in [9.17, 15) is 14.9 Å². The summed E-state index contributed by atoms with van der Waals surface area (Å²) in [5.74, 6) is -0.147. The quantitative estimate of drug-likeness (QED) is 0.298. The van der Waals surface area contributed by atoms with Crippen LogP contribution >= 0.6 is 0 Å². The predicted molar refractivity (Wildman–Crippen MR) is 93.7 cm³/mol. The molecule has 0 aliphatic rings. The molecule has 0 saturated carbocycles. The molecule has 1 aromatic carbocycles. The maximum atomic E-state index is 12.2. The SMILES string of the molecule is CCn1cc(C(=O)/C=C/c2cccn2-c2cccc([N+](=O)[O-])c2)cn1. The molecule has 0 amide bonds. The van der Waals surface area contributed by atoms with Gasteiger partial charge in [0.15, 0.2) is 5.78 Å². The van der Waals surface area contributed by atoms with E-state index in [-0.39, 0.29) is 11.5 Å². The van der Waals surface area contributed by atoms with Crippen molar-refractivity contribution in [2.24, 2.45) is 0 Å². The Morgan fingerprint density at radius 1 is 1.32 bits per heavy atom. The van der Waals surface area contributed by atoms with Gasteiger partial charge in [0, 0.05) is 36.8 Å². The number of carbonyl (C=O) groups excluding carboxylic acids is 1. The van der Waals surface area contributed by atoms with E-state index in [1.54, 1.807) is 39.9 Å². The molecule has 0 N–H and O–H groups in total.